The minimum atomic E-state index is -0.184. The fourth-order valence-corrected chi connectivity index (χ4v) is 5.73. The topological polar surface area (TPSA) is 55.8 Å². The Hall–Kier alpha value is -0.810. The number of esters is 2. The molecule has 2 bridgehead atoms. The van der Waals surface area contributed by atoms with Crippen LogP contribution in [-0.2, 0) is 19.1 Å². The Kier molecular flexibility index (Phi) is 6.26. The van der Waals surface area contributed by atoms with E-state index in [1.165, 1.54) is 14.2 Å². The average molecular weight is 372 g/mol. The van der Waals surface area contributed by atoms with Crippen molar-refractivity contribution < 1.29 is 19.1 Å². The molecule has 0 aromatic heterocycles. The van der Waals surface area contributed by atoms with Gasteiger partial charge in [0.1, 0.15) is 0 Å². The van der Waals surface area contributed by atoms with Crippen molar-refractivity contribution in [1.82, 2.24) is 4.90 Å². The molecule has 6 heteroatoms. The van der Waals surface area contributed by atoms with Gasteiger partial charge in [-0.3, -0.25) is 14.5 Å². The molecular formula is C19H30ClNO4. The number of halogens is 1. The first-order valence-electron chi connectivity index (χ1n) is 9.59. The highest BCUT2D eigenvalue weighted by atomic mass is 35.5. The van der Waals surface area contributed by atoms with Crippen molar-refractivity contribution in [2.45, 2.75) is 68.8 Å². The fourth-order valence-electron chi connectivity index (χ4n) is 5.48. The molecule has 5 nitrogen and oxygen atoms in total. The van der Waals surface area contributed by atoms with E-state index >= 15 is 0 Å². The standard InChI is InChI=1S/C19H30ClNO4/c1-24-17(22)9-10-21-14-7-8-16(21)18(19(23)25-2)15(11-14)12-3-5-13(20)6-4-12/h12-16,18H,3-11H2,1-2H3. The molecule has 0 radical (unpaired) electrons. The zero-order valence-corrected chi connectivity index (χ0v) is 16.0. The van der Waals surface area contributed by atoms with Crippen LogP contribution in [0.2, 0.25) is 0 Å². The van der Waals surface area contributed by atoms with E-state index in [0.29, 0.717) is 36.2 Å². The average Bonchev–Trinajstić information content (AvgIpc) is 2.91. The first-order valence-corrected chi connectivity index (χ1v) is 10.0. The van der Waals surface area contributed by atoms with Crippen molar-refractivity contribution in [3.05, 3.63) is 0 Å². The number of carbonyl (C=O) groups is 2. The van der Waals surface area contributed by atoms with Gasteiger partial charge in [0.15, 0.2) is 0 Å². The lowest BCUT2D eigenvalue weighted by Gasteiger charge is -2.47. The van der Waals surface area contributed by atoms with Gasteiger partial charge >= 0.3 is 11.9 Å². The van der Waals surface area contributed by atoms with Crippen LogP contribution in [0.25, 0.3) is 0 Å². The number of alkyl halides is 1. The van der Waals surface area contributed by atoms with E-state index in [0.717, 1.165) is 44.9 Å². The number of carbonyl (C=O) groups excluding carboxylic acids is 2. The maximum Gasteiger partial charge on any atom is 0.310 e. The number of ether oxygens (including phenoxy) is 2. The highest BCUT2D eigenvalue weighted by Gasteiger charge is 2.52. The van der Waals surface area contributed by atoms with E-state index in [2.05, 4.69) is 4.90 Å². The summed E-state index contributed by atoms with van der Waals surface area (Å²) in [7, 11) is 2.92. The van der Waals surface area contributed by atoms with Crippen molar-refractivity contribution in [2.24, 2.45) is 17.8 Å². The zero-order chi connectivity index (χ0) is 18.0. The SMILES string of the molecule is COC(=O)CCN1C2CCC1C(C(=O)OC)C(C1CCC(Cl)CC1)C2. The molecular weight excluding hydrogens is 342 g/mol. The maximum absolute atomic E-state index is 12.6. The normalized spacial score (nSPS) is 38.4. The zero-order valence-electron chi connectivity index (χ0n) is 15.3. The number of nitrogens with zero attached hydrogens (tertiary/aromatic N) is 1. The van der Waals surface area contributed by atoms with Gasteiger partial charge in [0, 0.05) is 24.0 Å². The summed E-state index contributed by atoms with van der Waals surface area (Å²) >= 11 is 6.28. The lowest BCUT2D eigenvalue weighted by molar-refractivity contribution is -0.155. The van der Waals surface area contributed by atoms with Gasteiger partial charge in [-0.15, -0.1) is 11.6 Å². The van der Waals surface area contributed by atoms with Crippen molar-refractivity contribution in [1.29, 1.82) is 0 Å². The smallest absolute Gasteiger partial charge is 0.310 e. The van der Waals surface area contributed by atoms with Gasteiger partial charge < -0.3 is 9.47 Å². The summed E-state index contributed by atoms with van der Waals surface area (Å²) in [5.74, 6) is 0.634. The van der Waals surface area contributed by atoms with Crippen LogP contribution < -0.4 is 0 Å². The summed E-state index contributed by atoms with van der Waals surface area (Å²) in [5, 5.41) is 0.296. The largest absolute Gasteiger partial charge is 0.469 e. The van der Waals surface area contributed by atoms with Gasteiger partial charge in [0.05, 0.1) is 26.6 Å². The van der Waals surface area contributed by atoms with Crippen molar-refractivity contribution >= 4 is 23.5 Å². The summed E-state index contributed by atoms with van der Waals surface area (Å²) in [4.78, 5) is 26.6. The second-order valence-electron chi connectivity index (χ2n) is 7.82. The van der Waals surface area contributed by atoms with E-state index in [1.54, 1.807) is 0 Å². The molecule has 0 amide bonds. The van der Waals surface area contributed by atoms with Crippen LogP contribution in [0.4, 0.5) is 0 Å². The molecule has 3 rings (SSSR count). The molecule has 0 aromatic carbocycles. The number of fused-ring (bicyclic) bond motifs is 2. The Bertz CT molecular complexity index is 492. The van der Waals surface area contributed by atoms with E-state index in [4.69, 9.17) is 21.1 Å². The summed E-state index contributed by atoms with van der Waals surface area (Å²) in [6, 6.07) is 0.684. The molecule has 4 unspecified atom stereocenters. The predicted octanol–water partition coefficient (Wildman–Crippen LogP) is 2.99. The van der Waals surface area contributed by atoms with Gasteiger partial charge in [0.25, 0.3) is 0 Å². The van der Waals surface area contributed by atoms with Crippen LogP contribution in [0, 0.1) is 17.8 Å². The Morgan fingerprint density at radius 2 is 1.76 bits per heavy atom. The minimum absolute atomic E-state index is 0.0710. The van der Waals surface area contributed by atoms with Crippen LogP contribution in [0.1, 0.15) is 51.4 Å². The minimum Gasteiger partial charge on any atom is -0.469 e. The molecule has 1 aliphatic carbocycles. The number of methoxy groups -OCH3 is 2. The second-order valence-corrected chi connectivity index (χ2v) is 8.44. The molecule has 2 heterocycles. The number of hydrogen-bond donors (Lipinski definition) is 0. The third kappa shape index (κ3) is 3.97. The molecule has 0 N–H and O–H groups in total. The molecule has 3 aliphatic rings. The van der Waals surface area contributed by atoms with E-state index < -0.39 is 0 Å². The van der Waals surface area contributed by atoms with Crippen molar-refractivity contribution in [3.63, 3.8) is 0 Å². The number of piperidine rings is 1. The Labute approximate surface area is 155 Å². The van der Waals surface area contributed by atoms with Crippen LogP contribution in [-0.4, -0.2) is 55.1 Å². The van der Waals surface area contributed by atoms with Crippen LogP contribution >= 0.6 is 11.6 Å². The highest BCUT2D eigenvalue weighted by Crippen LogP contribution is 2.49. The molecule has 142 valence electrons. The van der Waals surface area contributed by atoms with Gasteiger partial charge in [0.2, 0.25) is 0 Å². The lowest BCUT2D eigenvalue weighted by Crippen LogP contribution is -2.54. The molecule has 4 atom stereocenters. The van der Waals surface area contributed by atoms with Crippen LogP contribution in [0.3, 0.4) is 0 Å². The van der Waals surface area contributed by atoms with E-state index in [1.807, 2.05) is 0 Å². The molecule has 0 aromatic rings. The summed E-state index contributed by atoms with van der Waals surface area (Å²) in [6.07, 6.45) is 7.90. The van der Waals surface area contributed by atoms with Crippen molar-refractivity contribution in [3.8, 4) is 0 Å². The molecule has 2 aliphatic heterocycles. The Balaban J connectivity index is 1.74. The first kappa shape index (κ1) is 19.0. The van der Waals surface area contributed by atoms with Gasteiger partial charge in [-0.05, 0) is 56.8 Å². The third-order valence-electron chi connectivity index (χ3n) is 6.69. The van der Waals surface area contributed by atoms with Crippen LogP contribution in [0.5, 0.6) is 0 Å². The lowest BCUT2D eigenvalue weighted by atomic mass is 9.68. The molecule has 25 heavy (non-hydrogen) atoms. The summed E-state index contributed by atoms with van der Waals surface area (Å²) in [6.45, 7) is 0.677. The Morgan fingerprint density at radius 1 is 1.04 bits per heavy atom. The van der Waals surface area contributed by atoms with E-state index in [-0.39, 0.29) is 23.9 Å². The van der Waals surface area contributed by atoms with Crippen molar-refractivity contribution in [2.75, 3.05) is 20.8 Å². The van der Waals surface area contributed by atoms with E-state index in [9.17, 15) is 9.59 Å². The molecule has 2 saturated heterocycles. The third-order valence-corrected chi connectivity index (χ3v) is 7.13. The number of rotatable bonds is 5. The summed E-state index contributed by atoms with van der Waals surface area (Å²) < 4.78 is 9.98. The quantitative estimate of drug-likeness (QED) is 0.549. The maximum atomic E-state index is 12.6. The van der Waals surface area contributed by atoms with Gasteiger partial charge in [-0.1, -0.05) is 0 Å². The van der Waals surface area contributed by atoms with Gasteiger partial charge in [-0.25, -0.2) is 0 Å². The molecule has 0 spiro atoms. The Morgan fingerprint density at radius 3 is 2.40 bits per heavy atom. The summed E-state index contributed by atoms with van der Waals surface area (Å²) in [5.41, 5.74) is 0. The highest BCUT2D eigenvalue weighted by molar-refractivity contribution is 6.20. The monoisotopic (exact) mass is 371 g/mol. The predicted molar refractivity (Wildman–Crippen MR) is 95.4 cm³/mol. The first-order chi connectivity index (χ1) is 12.0. The molecule has 3 fully saturated rings. The number of hydrogen-bond acceptors (Lipinski definition) is 5. The van der Waals surface area contributed by atoms with Crippen LogP contribution in [0.15, 0.2) is 0 Å². The van der Waals surface area contributed by atoms with Gasteiger partial charge in [-0.2, -0.15) is 0 Å². The molecule has 1 saturated carbocycles. The second kappa shape index (κ2) is 8.26. The fraction of sp³-hybridized carbons (Fsp3) is 0.895.